The van der Waals surface area contributed by atoms with Crippen LogP contribution in [0.2, 0.25) is 0 Å². The number of hydrogen-bond donors (Lipinski definition) is 1. The number of rotatable bonds is 7. The SMILES string of the molecule is CCCNC(=O)CCc1nnc2c3cc(-c4ccc(OC)cc4)nn3ccn12. The first-order valence-electron chi connectivity index (χ1n) is 9.32. The third-order valence-electron chi connectivity index (χ3n) is 4.62. The Morgan fingerprint density at radius 3 is 2.75 bits per heavy atom. The van der Waals surface area contributed by atoms with Crippen LogP contribution in [0.1, 0.15) is 25.6 Å². The third kappa shape index (κ3) is 3.40. The smallest absolute Gasteiger partial charge is 0.220 e. The number of carbonyl (C=O) groups excluding carboxylic acids is 1. The minimum atomic E-state index is 0.0332. The van der Waals surface area contributed by atoms with Gasteiger partial charge in [0.2, 0.25) is 5.91 Å². The Bertz CT molecular complexity index is 1110. The monoisotopic (exact) mass is 378 g/mol. The molecule has 0 aliphatic rings. The van der Waals surface area contributed by atoms with Gasteiger partial charge in [0, 0.05) is 37.3 Å². The summed E-state index contributed by atoms with van der Waals surface area (Å²) in [5.74, 6) is 1.60. The van der Waals surface area contributed by atoms with Gasteiger partial charge in [-0.3, -0.25) is 9.20 Å². The summed E-state index contributed by atoms with van der Waals surface area (Å²) in [5, 5.41) is 16.1. The number of hydrogen-bond acceptors (Lipinski definition) is 5. The predicted octanol–water partition coefficient (Wildman–Crippen LogP) is 2.51. The number of carbonyl (C=O) groups is 1. The highest BCUT2D eigenvalue weighted by atomic mass is 16.5. The third-order valence-corrected chi connectivity index (χ3v) is 4.62. The molecule has 4 aromatic rings. The van der Waals surface area contributed by atoms with Crippen molar-refractivity contribution in [1.82, 2.24) is 29.5 Å². The second-order valence-electron chi connectivity index (χ2n) is 6.55. The number of ether oxygens (including phenoxy) is 1. The van der Waals surface area contributed by atoms with E-state index in [1.165, 1.54) is 0 Å². The molecular weight excluding hydrogens is 356 g/mol. The van der Waals surface area contributed by atoms with Crippen LogP contribution in [0.4, 0.5) is 0 Å². The molecule has 1 N–H and O–H groups in total. The van der Waals surface area contributed by atoms with E-state index in [0.717, 1.165) is 40.4 Å². The molecule has 144 valence electrons. The maximum Gasteiger partial charge on any atom is 0.220 e. The molecule has 0 saturated carbocycles. The maximum atomic E-state index is 11.9. The molecule has 3 heterocycles. The lowest BCUT2D eigenvalue weighted by atomic mass is 10.1. The van der Waals surface area contributed by atoms with Crippen LogP contribution in [0, 0.1) is 0 Å². The zero-order valence-electron chi connectivity index (χ0n) is 15.9. The van der Waals surface area contributed by atoms with Crippen LogP contribution in [0.3, 0.4) is 0 Å². The number of methoxy groups -OCH3 is 1. The molecule has 0 unspecified atom stereocenters. The Labute approximate surface area is 162 Å². The zero-order chi connectivity index (χ0) is 19.5. The Kier molecular flexibility index (Phi) is 4.92. The molecule has 0 fully saturated rings. The standard InChI is InChI=1S/C20H22N6O2/c1-3-10-21-19(27)9-8-18-22-23-20-17-13-16(24-26(17)12-11-25(18)20)14-4-6-15(28-2)7-5-14/h4-7,11-13H,3,8-10H2,1-2H3,(H,21,27). The molecule has 0 aliphatic heterocycles. The van der Waals surface area contributed by atoms with Crippen molar-refractivity contribution in [3.63, 3.8) is 0 Å². The Hall–Kier alpha value is -3.42. The summed E-state index contributed by atoms with van der Waals surface area (Å²) in [5.41, 5.74) is 3.43. The van der Waals surface area contributed by atoms with Gasteiger partial charge >= 0.3 is 0 Å². The van der Waals surface area contributed by atoms with Crippen LogP contribution in [0.15, 0.2) is 42.7 Å². The number of nitrogens with one attached hydrogen (secondary N) is 1. The van der Waals surface area contributed by atoms with Crippen LogP contribution in [0.25, 0.3) is 22.4 Å². The predicted molar refractivity (Wildman–Crippen MR) is 105 cm³/mol. The summed E-state index contributed by atoms with van der Waals surface area (Å²) < 4.78 is 8.92. The summed E-state index contributed by atoms with van der Waals surface area (Å²) in [6.07, 6.45) is 5.61. The number of benzene rings is 1. The highest BCUT2D eigenvalue weighted by molar-refractivity contribution is 5.77. The molecule has 3 aromatic heterocycles. The topological polar surface area (TPSA) is 85.8 Å². The molecule has 0 saturated heterocycles. The Balaban J connectivity index is 1.62. The molecule has 1 aromatic carbocycles. The molecule has 0 radical (unpaired) electrons. The molecule has 8 heteroatoms. The van der Waals surface area contributed by atoms with E-state index in [-0.39, 0.29) is 5.91 Å². The van der Waals surface area contributed by atoms with Gasteiger partial charge in [-0.2, -0.15) is 5.10 Å². The van der Waals surface area contributed by atoms with Gasteiger partial charge in [-0.05, 0) is 36.8 Å². The van der Waals surface area contributed by atoms with Gasteiger partial charge in [-0.15, -0.1) is 10.2 Å². The van der Waals surface area contributed by atoms with Crippen molar-refractivity contribution in [2.45, 2.75) is 26.2 Å². The second kappa shape index (κ2) is 7.67. The van der Waals surface area contributed by atoms with Gasteiger partial charge < -0.3 is 10.1 Å². The fraction of sp³-hybridized carbons (Fsp3) is 0.300. The van der Waals surface area contributed by atoms with Crippen LogP contribution in [-0.4, -0.2) is 43.8 Å². The first-order valence-corrected chi connectivity index (χ1v) is 9.32. The summed E-state index contributed by atoms with van der Waals surface area (Å²) in [6.45, 7) is 2.73. The van der Waals surface area contributed by atoms with Crippen molar-refractivity contribution in [2.75, 3.05) is 13.7 Å². The lowest BCUT2D eigenvalue weighted by Crippen LogP contribution is -2.24. The molecule has 0 atom stereocenters. The highest BCUT2D eigenvalue weighted by Crippen LogP contribution is 2.24. The van der Waals surface area contributed by atoms with Crippen molar-refractivity contribution in [3.8, 4) is 17.0 Å². The van der Waals surface area contributed by atoms with Crippen LogP contribution in [0.5, 0.6) is 5.75 Å². The molecule has 4 rings (SSSR count). The van der Waals surface area contributed by atoms with Gasteiger partial charge in [-0.1, -0.05) is 6.92 Å². The molecule has 0 bridgehead atoms. The van der Waals surface area contributed by atoms with Crippen molar-refractivity contribution < 1.29 is 9.53 Å². The maximum absolute atomic E-state index is 11.9. The number of aryl methyl sites for hydroxylation is 1. The fourth-order valence-corrected chi connectivity index (χ4v) is 3.11. The quantitative estimate of drug-likeness (QED) is 0.534. The molecule has 8 nitrogen and oxygen atoms in total. The average Bonchev–Trinajstić information content (AvgIpc) is 3.34. The van der Waals surface area contributed by atoms with Crippen molar-refractivity contribution >= 4 is 17.1 Å². The van der Waals surface area contributed by atoms with Gasteiger partial charge in [0.05, 0.1) is 12.8 Å². The van der Waals surface area contributed by atoms with Crippen LogP contribution < -0.4 is 10.1 Å². The second-order valence-corrected chi connectivity index (χ2v) is 6.55. The Morgan fingerprint density at radius 1 is 1.18 bits per heavy atom. The molecular formula is C20H22N6O2. The van der Waals surface area contributed by atoms with E-state index in [2.05, 4.69) is 20.6 Å². The van der Waals surface area contributed by atoms with E-state index >= 15 is 0 Å². The zero-order valence-corrected chi connectivity index (χ0v) is 15.9. The van der Waals surface area contributed by atoms with Gasteiger partial charge in [0.15, 0.2) is 5.65 Å². The van der Waals surface area contributed by atoms with E-state index < -0.39 is 0 Å². The fourth-order valence-electron chi connectivity index (χ4n) is 3.11. The summed E-state index contributed by atoms with van der Waals surface area (Å²) in [4.78, 5) is 11.9. The number of aromatic nitrogens is 5. The largest absolute Gasteiger partial charge is 0.497 e. The van der Waals surface area contributed by atoms with Gasteiger partial charge in [0.1, 0.15) is 17.1 Å². The highest BCUT2D eigenvalue weighted by Gasteiger charge is 2.13. The lowest BCUT2D eigenvalue weighted by molar-refractivity contribution is -0.121. The lowest BCUT2D eigenvalue weighted by Gasteiger charge is -2.03. The molecule has 1 amide bonds. The van der Waals surface area contributed by atoms with E-state index in [4.69, 9.17) is 4.74 Å². The number of fused-ring (bicyclic) bond motifs is 3. The molecule has 0 spiro atoms. The van der Waals surface area contributed by atoms with E-state index in [0.29, 0.717) is 19.4 Å². The first-order chi connectivity index (χ1) is 13.7. The summed E-state index contributed by atoms with van der Waals surface area (Å²) in [6, 6.07) is 9.76. The van der Waals surface area contributed by atoms with Crippen molar-refractivity contribution in [2.24, 2.45) is 0 Å². The van der Waals surface area contributed by atoms with E-state index in [9.17, 15) is 4.79 Å². The van der Waals surface area contributed by atoms with Crippen molar-refractivity contribution in [3.05, 3.63) is 48.5 Å². The normalized spacial score (nSPS) is 11.2. The molecule has 0 aliphatic carbocycles. The first kappa shape index (κ1) is 18.0. The van der Waals surface area contributed by atoms with Crippen LogP contribution >= 0.6 is 0 Å². The van der Waals surface area contributed by atoms with E-state index in [1.807, 2.05) is 54.0 Å². The summed E-state index contributed by atoms with van der Waals surface area (Å²) in [7, 11) is 1.65. The number of amides is 1. The van der Waals surface area contributed by atoms with Gasteiger partial charge in [0.25, 0.3) is 0 Å². The van der Waals surface area contributed by atoms with Crippen molar-refractivity contribution in [1.29, 1.82) is 0 Å². The summed E-state index contributed by atoms with van der Waals surface area (Å²) >= 11 is 0. The van der Waals surface area contributed by atoms with Crippen LogP contribution in [-0.2, 0) is 11.2 Å². The average molecular weight is 378 g/mol. The minimum Gasteiger partial charge on any atom is -0.497 e. The van der Waals surface area contributed by atoms with Gasteiger partial charge in [-0.25, -0.2) is 4.52 Å². The van der Waals surface area contributed by atoms with E-state index in [1.54, 1.807) is 11.6 Å². The minimum absolute atomic E-state index is 0.0332. The molecule has 28 heavy (non-hydrogen) atoms. The number of nitrogens with zero attached hydrogens (tertiary/aromatic N) is 5. The Morgan fingerprint density at radius 2 is 2.00 bits per heavy atom.